The molecule has 0 saturated carbocycles. The standard InChI is InChI=1S/C14H15NO4/c16-8-7-15-6-5-13(18)14(19)12(15)9-10-1-3-11(17)4-2-10/h1-6,16-17,19H,7-9H2. The number of nitrogens with zero attached hydrogens (tertiary/aromatic N) is 1. The van der Waals surface area contributed by atoms with Crippen molar-refractivity contribution in [3.05, 3.63) is 58.0 Å². The average molecular weight is 261 g/mol. The van der Waals surface area contributed by atoms with Gasteiger partial charge in [-0.3, -0.25) is 4.79 Å². The third-order valence-electron chi connectivity index (χ3n) is 2.91. The van der Waals surface area contributed by atoms with E-state index in [1.54, 1.807) is 35.0 Å². The van der Waals surface area contributed by atoms with Gasteiger partial charge in [0.05, 0.1) is 12.3 Å². The summed E-state index contributed by atoms with van der Waals surface area (Å²) in [5.74, 6) is -0.141. The zero-order valence-electron chi connectivity index (χ0n) is 10.3. The largest absolute Gasteiger partial charge is 0.508 e. The molecule has 2 aromatic rings. The van der Waals surface area contributed by atoms with E-state index in [9.17, 15) is 15.0 Å². The van der Waals surface area contributed by atoms with E-state index in [0.717, 1.165) is 5.56 Å². The Balaban J connectivity index is 2.39. The molecular weight excluding hydrogens is 246 g/mol. The molecule has 3 N–H and O–H groups in total. The molecule has 0 fully saturated rings. The second kappa shape index (κ2) is 5.58. The molecule has 5 heteroatoms. The van der Waals surface area contributed by atoms with Crippen LogP contribution in [0, 0.1) is 0 Å². The van der Waals surface area contributed by atoms with Crippen molar-refractivity contribution in [2.75, 3.05) is 6.61 Å². The maximum atomic E-state index is 11.5. The van der Waals surface area contributed by atoms with Crippen molar-refractivity contribution in [3.63, 3.8) is 0 Å². The maximum absolute atomic E-state index is 11.5. The lowest BCUT2D eigenvalue weighted by atomic mass is 10.1. The quantitative estimate of drug-likeness (QED) is 0.761. The smallest absolute Gasteiger partial charge is 0.223 e. The van der Waals surface area contributed by atoms with Gasteiger partial charge in [-0.05, 0) is 17.7 Å². The molecule has 0 aliphatic carbocycles. The molecule has 0 saturated heterocycles. The highest BCUT2D eigenvalue weighted by atomic mass is 16.3. The van der Waals surface area contributed by atoms with Gasteiger partial charge in [-0.1, -0.05) is 12.1 Å². The van der Waals surface area contributed by atoms with Crippen LogP contribution in [-0.2, 0) is 13.0 Å². The van der Waals surface area contributed by atoms with Gasteiger partial charge < -0.3 is 19.9 Å². The predicted molar refractivity (Wildman–Crippen MR) is 70.4 cm³/mol. The summed E-state index contributed by atoms with van der Waals surface area (Å²) >= 11 is 0. The third kappa shape index (κ3) is 2.95. The van der Waals surface area contributed by atoms with E-state index in [0.29, 0.717) is 18.7 Å². The number of rotatable bonds is 4. The van der Waals surface area contributed by atoms with Crippen LogP contribution in [-0.4, -0.2) is 26.5 Å². The van der Waals surface area contributed by atoms with E-state index in [1.165, 1.54) is 6.07 Å². The molecular formula is C14H15NO4. The number of aromatic nitrogens is 1. The van der Waals surface area contributed by atoms with E-state index in [4.69, 9.17) is 5.11 Å². The van der Waals surface area contributed by atoms with Crippen molar-refractivity contribution in [2.45, 2.75) is 13.0 Å². The highest BCUT2D eigenvalue weighted by Crippen LogP contribution is 2.18. The van der Waals surface area contributed by atoms with E-state index in [1.807, 2.05) is 0 Å². The van der Waals surface area contributed by atoms with Gasteiger partial charge in [-0.2, -0.15) is 0 Å². The normalized spacial score (nSPS) is 10.6. The summed E-state index contributed by atoms with van der Waals surface area (Å²) in [5.41, 5.74) is 0.862. The summed E-state index contributed by atoms with van der Waals surface area (Å²) in [5, 5.41) is 28.1. The lowest BCUT2D eigenvalue weighted by molar-refractivity contribution is 0.273. The minimum atomic E-state index is -0.442. The first kappa shape index (κ1) is 13.2. The van der Waals surface area contributed by atoms with Gasteiger partial charge in [0, 0.05) is 25.2 Å². The van der Waals surface area contributed by atoms with Crippen LogP contribution >= 0.6 is 0 Å². The Hall–Kier alpha value is -2.27. The predicted octanol–water partition coefficient (Wildman–Crippen LogP) is 0.843. The number of aliphatic hydroxyl groups is 1. The summed E-state index contributed by atoms with van der Waals surface area (Å²) in [7, 11) is 0. The molecule has 1 heterocycles. The third-order valence-corrected chi connectivity index (χ3v) is 2.91. The minimum absolute atomic E-state index is 0.0785. The van der Waals surface area contributed by atoms with Crippen molar-refractivity contribution in [1.82, 2.24) is 4.57 Å². The van der Waals surface area contributed by atoms with E-state index < -0.39 is 5.43 Å². The molecule has 0 aliphatic rings. The fraction of sp³-hybridized carbons (Fsp3) is 0.214. The number of benzene rings is 1. The Morgan fingerprint density at radius 1 is 1.05 bits per heavy atom. The lowest BCUT2D eigenvalue weighted by Gasteiger charge is -2.13. The second-order valence-electron chi connectivity index (χ2n) is 4.24. The average Bonchev–Trinajstić information content (AvgIpc) is 2.41. The molecule has 5 nitrogen and oxygen atoms in total. The Bertz CT molecular complexity index is 616. The van der Waals surface area contributed by atoms with Crippen LogP contribution in [0.15, 0.2) is 41.3 Å². The van der Waals surface area contributed by atoms with Crippen LogP contribution in [0.25, 0.3) is 0 Å². The van der Waals surface area contributed by atoms with Crippen LogP contribution in [0.2, 0.25) is 0 Å². The number of phenols is 1. The Morgan fingerprint density at radius 2 is 1.74 bits per heavy atom. The van der Waals surface area contributed by atoms with Gasteiger partial charge in [-0.25, -0.2) is 0 Å². The van der Waals surface area contributed by atoms with E-state index >= 15 is 0 Å². The lowest BCUT2D eigenvalue weighted by Crippen LogP contribution is -2.14. The molecule has 0 amide bonds. The van der Waals surface area contributed by atoms with Gasteiger partial charge in [0.2, 0.25) is 5.43 Å². The molecule has 1 aromatic carbocycles. The van der Waals surface area contributed by atoms with Crippen LogP contribution in [0.1, 0.15) is 11.3 Å². The molecule has 19 heavy (non-hydrogen) atoms. The molecule has 0 aliphatic heterocycles. The highest BCUT2D eigenvalue weighted by molar-refractivity contribution is 5.34. The van der Waals surface area contributed by atoms with Crippen LogP contribution in [0.4, 0.5) is 0 Å². The van der Waals surface area contributed by atoms with Crippen molar-refractivity contribution in [3.8, 4) is 11.5 Å². The molecule has 0 atom stereocenters. The summed E-state index contributed by atoms with van der Waals surface area (Å²) < 4.78 is 1.64. The topological polar surface area (TPSA) is 82.7 Å². The van der Waals surface area contributed by atoms with E-state index in [-0.39, 0.29) is 18.1 Å². The molecule has 100 valence electrons. The first-order chi connectivity index (χ1) is 9.11. The summed E-state index contributed by atoms with van der Waals surface area (Å²) in [4.78, 5) is 11.5. The summed E-state index contributed by atoms with van der Waals surface area (Å²) in [6, 6.07) is 7.80. The Kier molecular flexibility index (Phi) is 3.87. The number of pyridine rings is 1. The highest BCUT2D eigenvalue weighted by Gasteiger charge is 2.10. The molecule has 2 rings (SSSR count). The molecule has 0 radical (unpaired) electrons. The zero-order valence-corrected chi connectivity index (χ0v) is 10.3. The van der Waals surface area contributed by atoms with Gasteiger partial charge in [0.25, 0.3) is 0 Å². The number of aliphatic hydroxyl groups excluding tert-OH is 1. The van der Waals surface area contributed by atoms with Gasteiger partial charge >= 0.3 is 0 Å². The fourth-order valence-electron chi connectivity index (χ4n) is 1.91. The Morgan fingerprint density at radius 3 is 2.37 bits per heavy atom. The first-order valence-electron chi connectivity index (χ1n) is 5.92. The van der Waals surface area contributed by atoms with E-state index in [2.05, 4.69) is 0 Å². The molecule has 0 bridgehead atoms. The molecule has 0 spiro atoms. The van der Waals surface area contributed by atoms with Crippen molar-refractivity contribution < 1.29 is 15.3 Å². The fourth-order valence-corrected chi connectivity index (χ4v) is 1.91. The zero-order chi connectivity index (χ0) is 13.8. The number of phenolic OH excluding ortho intramolecular Hbond substituents is 1. The summed E-state index contributed by atoms with van der Waals surface area (Å²) in [6.45, 7) is 0.228. The number of hydrogen-bond acceptors (Lipinski definition) is 4. The van der Waals surface area contributed by atoms with Gasteiger partial charge in [0.15, 0.2) is 5.75 Å². The SMILES string of the molecule is O=c1ccn(CCO)c(Cc2ccc(O)cc2)c1O. The number of hydrogen-bond donors (Lipinski definition) is 3. The van der Waals surface area contributed by atoms with Crippen LogP contribution in [0.3, 0.4) is 0 Å². The van der Waals surface area contributed by atoms with Crippen molar-refractivity contribution >= 4 is 0 Å². The second-order valence-corrected chi connectivity index (χ2v) is 4.24. The maximum Gasteiger partial charge on any atom is 0.223 e. The van der Waals surface area contributed by atoms with Gasteiger partial charge in [0.1, 0.15) is 5.75 Å². The van der Waals surface area contributed by atoms with Crippen LogP contribution < -0.4 is 5.43 Å². The molecule has 0 unspecified atom stereocenters. The van der Waals surface area contributed by atoms with Gasteiger partial charge in [-0.15, -0.1) is 0 Å². The Labute approximate surface area is 110 Å². The summed E-state index contributed by atoms with van der Waals surface area (Å²) in [6.07, 6.45) is 1.90. The first-order valence-corrected chi connectivity index (χ1v) is 5.92. The van der Waals surface area contributed by atoms with Crippen LogP contribution in [0.5, 0.6) is 11.5 Å². The van der Waals surface area contributed by atoms with Crippen molar-refractivity contribution in [1.29, 1.82) is 0 Å². The number of aromatic hydroxyl groups is 2. The monoisotopic (exact) mass is 261 g/mol. The molecule has 1 aromatic heterocycles. The van der Waals surface area contributed by atoms with Crippen molar-refractivity contribution in [2.24, 2.45) is 0 Å². The minimum Gasteiger partial charge on any atom is -0.508 e.